The molecular weight excluding hydrogens is 378 g/mol. The number of nitrogens with one attached hydrogen (secondary N) is 1. The number of anilines is 1. The highest BCUT2D eigenvalue weighted by Crippen LogP contribution is 2.23. The van der Waals surface area contributed by atoms with Gasteiger partial charge in [-0.15, -0.1) is 4.40 Å². The molecule has 146 valence electrons. The van der Waals surface area contributed by atoms with Crippen LogP contribution in [-0.2, 0) is 21.4 Å². The van der Waals surface area contributed by atoms with Crippen LogP contribution in [0.1, 0.15) is 18.1 Å². The average molecular weight is 399 g/mol. The third-order valence-electron chi connectivity index (χ3n) is 4.44. The van der Waals surface area contributed by atoms with Gasteiger partial charge in [-0.05, 0) is 48.4 Å². The van der Waals surface area contributed by atoms with Crippen molar-refractivity contribution in [2.75, 3.05) is 19.5 Å². The van der Waals surface area contributed by atoms with Gasteiger partial charge in [0.1, 0.15) is 11.4 Å². The standard InChI is InChI=1S/C20H21N3O4S/c1-4-14-7-5-6-8-17(14)21-20(24)19-13-18(22-28(25,26)23(19)2)15-9-11-16(27-3)12-10-15/h5-13H,4H2,1-3H3,(H,21,24). The lowest BCUT2D eigenvalue weighted by Gasteiger charge is -2.24. The molecule has 1 aliphatic heterocycles. The molecular formula is C20H21N3O4S. The molecule has 0 aliphatic carbocycles. The molecule has 0 radical (unpaired) electrons. The summed E-state index contributed by atoms with van der Waals surface area (Å²) in [7, 11) is -1.16. The highest BCUT2D eigenvalue weighted by Gasteiger charge is 2.30. The summed E-state index contributed by atoms with van der Waals surface area (Å²) < 4.78 is 34.8. The van der Waals surface area contributed by atoms with Crippen molar-refractivity contribution in [1.29, 1.82) is 0 Å². The molecule has 0 atom stereocenters. The number of amides is 1. The molecule has 0 aromatic heterocycles. The Bertz CT molecular complexity index is 1060. The van der Waals surface area contributed by atoms with Gasteiger partial charge in [0.25, 0.3) is 5.91 Å². The number of carbonyl (C=O) groups is 1. The van der Waals surface area contributed by atoms with Crippen molar-refractivity contribution in [1.82, 2.24) is 4.31 Å². The Morgan fingerprint density at radius 1 is 1.14 bits per heavy atom. The highest BCUT2D eigenvalue weighted by molar-refractivity contribution is 7.88. The van der Waals surface area contributed by atoms with Gasteiger partial charge in [0.15, 0.2) is 0 Å². The summed E-state index contributed by atoms with van der Waals surface area (Å²) >= 11 is 0. The summed E-state index contributed by atoms with van der Waals surface area (Å²) in [5, 5.41) is 2.80. The first-order valence-electron chi connectivity index (χ1n) is 8.70. The number of likely N-dealkylation sites (N-methyl/N-ethyl adjacent to an activating group) is 1. The fourth-order valence-corrected chi connectivity index (χ4v) is 3.71. The SMILES string of the molecule is CCc1ccccc1NC(=O)C1=CC(c2ccc(OC)cc2)=NS(=O)(=O)N1C. The quantitative estimate of drug-likeness (QED) is 0.837. The molecule has 0 saturated heterocycles. The first-order chi connectivity index (χ1) is 13.4. The van der Waals surface area contributed by atoms with E-state index >= 15 is 0 Å². The lowest BCUT2D eigenvalue weighted by molar-refractivity contribution is -0.113. The zero-order valence-electron chi connectivity index (χ0n) is 15.8. The summed E-state index contributed by atoms with van der Waals surface area (Å²) in [6, 6.07) is 14.2. The molecule has 28 heavy (non-hydrogen) atoms. The molecule has 1 amide bonds. The van der Waals surface area contributed by atoms with E-state index in [0.717, 1.165) is 16.3 Å². The molecule has 2 aromatic rings. The van der Waals surface area contributed by atoms with Crippen molar-refractivity contribution in [2.45, 2.75) is 13.3 Å². The van der Waals surface area contributed by atoms with E-state index in [1.165, 1.54) is 13.1 Å². The van der Waals surface area contributed by atoms with Crippen molar-refractivity contribution in [3.05, 3.63) is 71.4 Å². The van der Waals surface area contributed by atoms with Crippen molar-refractivity contribution in [2.24, 2.45) is 4.40 Å². The number of rotatable bonds is 5. The molecule has 0 fully saturated rings. The number of methoxy groups -OCH3 is 1. The number of carbonyl (C=O) groups excluding carboxylic acids is 1. The summed E-state index contributed by atoms with van der Waals surface area (Å²) in [4.78, 5) is 12.9. The van der Waals surface area contributed by atoms with Crippen LogP contribution in [0.25, 0.3) is 0 Å². The maximum absolute atomic E-state index is 12.9. The number of ether oxygens (including phenoxy) is 1. The van der Waals surface area contributed by atoms with Crippen LogP contribution in [0.4, 0.5) is 5.69 Å². The van der Waals surface area contributed by atoms with Crippen molar-refractivity contribution in [3.63, 3.8) is 0 Å². The second kappa shape index (κ2) is 7.85. The topological polar surface area (TPSA) is 88.1 Å². The first kappa shape index (κ1) is 19.6. The van der Waals surface area contributed by atoms with Crippen LogP contribution >= 0.6 is 0 Å². The third kappa shape index (κ3) is 3.91. The van der Waals surface area contributed by atoms with Gasteiger partial charge >= 0.3 is 10.2 Å². The monoisotopic (exact) mass is 399 g/mol. The Morgan fingerprint density at radius 3 is 2.46 bits per heavy atom. The Labute approximate surface area is 164 Å². The molecule has 2 aromatic carbocycles. The van der Waals surface area contributed by atoms with Crippen LogP contribution in [0, 0.1) is 0 Å². The number of hydrogen-bond acceptors (Lipinski definition) is 4. The molecule has 1 heterocycles. The van der Waals surface area contributed by atoms with Crippen LogP contribution in [-0.4, -0.2) is 38.5 Å². The van der Waals surface area contributed by atoms with Gasteiger partial charge in [0.2, 0.25) is 0 Å². The second-order valence-corrected chi connectivity index (χ2v) is 7.77. The zero-order valence-corrected chi connectivity index (χ0v) is 16.7. The van der Waals surface area contributed by atoms with E-state index in [1.54, 1.807) is 37.4 Å². The van der Waals surface area contributed by atoms with Crippen LogP contribution in [0.3, 0.4) is 0 Å². The van der Waals surface area contributed by atoms with Crippen LogP contribution in [0.2, 0.25) is 0 Å². The minimum absolute atomic E-state index is 0.00766. The van der Waals surface area contributed by atoms with E-state index in [-0.39, 0.29) is 11.4 Å². The first-order valence-corrected chi connectivity index (χ1v) is 10.1. The summed E-state index contributed by atoms with van der Waals surface area (Å²) in [6.45, 7) is 1.98. The number of aryl methyl sites for hydroxylation is 1. The van der Waals surface area contributed by atoms with E-state index in [1.807, 2.05) is 25.1 Å². The summed E-state index contributed by atoms with van der Waals surface area (Å²) in [5.41, 5.74) is 2.36. The van der Waals surface area contributed by atoms with E-state index in [4.69, 9.17) is 4.74 Å². The molecule has 1 N–H and O–H groups in total. The van der Waals surface area contributed by atoms with Crippen molar-refractivity contribution >= 4 is 27.5 Å². The van der Waals surface area contributed by atoms with Crippen LogP contribution in [0.5, 0.6) is 5.75 Å². The minimum atomic E-state index is -4.02. The van der Waals surface area contributed by atoms with Crippen molar-refractivity contribution in [3.8, 4) is 5.75 Å². The average Bonchev–Trinajstić information content (AvgIpc) is 2.70. The largest absolute Gasteiger partial charge is 0.497 e. The van der Waals surface area contributed by atoms with Gasteiger partial charge in [0, 0.05) is 18.3 Å². The molecule has 1 aliphatic rings. The molecule has 0 bridgehead atoms. The Balaban J connectivity index is 1.97. The van der Waals surface area contributed by atoms with Gasteiger partial charge in [-0.2, -0.15) is 8.42 Å². The number of nitrogens with zero attached hydrogens (tertiary/aromatic N) is 2. The normalized spacial score (nSPS) is 15.5. The summed E-state index contributed by atoms with van der Waals surface area (Å²) in [6.07, 6.45) is 2.20. The lowest BCUT2D eigenvalue weighted by atomic mass is 10.1. The van der Waals surface area contributed by atoms with Crippen molar-refractivity contribution < 1.29 is 17.9 Å². The molecule has 0 spiro atoms. The Kier molecular flexibility index (Phi) is 5.51. The highest BCUT2D eigenvalue weighted by atomic mass is 32.2. The van der Waals surface area contributed by atoms with Crippen LogP contribution in [0.15, 0.2) is 64.7 Å². The van der Waals surface area contributed by atoms with E-state index in [2.05, 4.69) is 9.71 Å². The fraction of sp³-hybridized carbons (Fsp3) is 0.200. The van der Waals surface area contributed by atoms with E-state index in [0.29, 0.717) is 17.0 Å². The fourth-order valence-electron chi connectivity index (χ4n) is 2.80. The van der Waals surface area contributed by atoms with E-state index in [9.17, 15) is 13.2 Å². The maximum atomic E-state index is 12.9. The van der Waals surface area contributed by atoms with Gasteiger partial charge in [0.05, 0.1) is 12.8 Å². The molecule has 3 rings (SSSR count). The predicted octanol–water partition coefficient (Wildman–Crippen LogP) is 2.76. The maximum Gasteiger partial charge on any atom is 0.345 e. The minimum Gasteiger partial charge on any atom is -0.497 e. The van der Waals surface area contributed by atoms with E-state index < -0.39 is 16.1 Å². The zero-order chi connectivity index (χ0) is 20.3. The Hall–Kier alpha value is -3.13. The number of hydrogen-bond donors (Lipinski definition) is 1. The summed E-state index contributed by atoms with van der Waals surface area (Å²) in [5.74, 6) is 0.117. The number of para-hydroxylation sites is 1. The van der Waals surface area contributed by atoms with Gasteiger partial charge in [-0.3, -0.25) is 4.79 Å². The van der Waals surface area contributed by atoms with Crippen LogP contribution < -0.4 is 10.1 Å². The third-order valence-corrected chi connectivity index (χ3v) is 5.75. The molecule has 7 nitrogen and oxygen atoms in total. The van der Waals surface area contributed by atoms with Gasteiger partial charge < -0.3 is 10.1 Å². The number of benzene rings is 2. The second-order valence-electron chi connectivity index (χ2n) is 6.14. The molecule has 8 heteroatoms. The smallest absolute Gasteiger partial charge is 0.345 e. The molecule has 0 unspecified atom stereocenters. The lowest BCUT2D eigenvalue weighted by Crippen LogP contribution is -2.35. The Morgan fingerprint density at radius 2 is 1.82 bits per heavy atom. The number of allylic oxidation sites excluding steroid dienone is 1. The molecule has 0 saturated carbocycles. The predicted molar refractivity (Wildman–Crippen MR) is 109 cm³/mol. The van der Waals surface area contributed by atoms with Gasteiger partial charge in [-0.25, -0.2) is 4.31 Å². The van der Waals surface area contributed by atoms with Gasteiger partial charge in [-0.1, -0.05) is 25.1 Å².